The molecule has 3 nitrogen and oxygen atoms in total. The highest BCUT2D eigenvalue weighted by atomic mass is 32.1. The zero-order valence-corrected chi connectivity index (χ0v) is 12.3. The molecule has 104 valence electrons. The third kappa shape index (κ3) is 3.91. The molecule has 1 aliphatic rings. The van der Waals surface area contributed by atoms with Crippen LogP contribution in [0.3, 0.4) is 0 Å². The smallest absolute Gasteiger partial charge is 0.129 e. The minimum Gasteiger partial charge on any atom is -0.492 e. The van der Waals surface area contributed by atoms with Crippen LogP contribution in [0, 0.1) is 0 Å². The van der Waals surface area contributed by atoms with Crippen molar-refractivity contribution < 1.29 is 4.74 Å². The summed E-state index contributed by atoms with van der Waals surface area (Å²) in [6, 6.07) is 8.37. The average Bonchev–Trinajstić information content (AvgIpc) is 2.41. The minimum absolute atomic E-state index is 0.391. The van der Waals surface area contributed by atoms with Gasteiger partial charge in [0.1, 0.15) is 17.3 Å². The Labute approximate surface area is 120 Å². The molecule has 1 aliphatic heterocycles. The lowest BCUT2D eigenvalue weighted by Crippen LogP contribution is -2.40. The number of rotatable bonds is 5. The van der Waals surface area contributed by atoms with Crippen LogP contribution in [0.5, 0.6) is 5.75 Å². The number of hydrogen-bond acceptors (Lipinski definition) is 3. The summed E-state index contributed by atoms with van der Waals surface area (Å²) in [6.07, 6.45) is 3.94. The number of benzene rings is 1. The van der Waals surface area contributed by atoms with Crippen LogP contribution >= 0.6 is 12.2 Å². The van der Waals surface area contributed by atoms with Crippen molar-refractivity contribution in [1.82, 2.24) is 4.90 Å². The van der Waals surface area contributed by atoms with Crippen molar-refractivity contribution in [3.8, 4) is 5.75 Å². The zero-order valence-electron chi connectivity index (χ0n) is 11.5. The van der Waals surface area contributed by atoms with Crippen molar-refractivity contribution in [1.29, 1.82) is 0 Å². The molecule has 0 saturated carbocycles. The number of ether oxygens (including phenoxy) is 1. The van der Waals surface area contributed by atoms with Crippen LogP contribution in [-0.4, -0.2) is 35.6 Å². The molecule has 0 aliphatic carbocycles. The molecule has 1 aromatic carbocycles. The standard InChI is InChI=1S/C15H22N2OS/c1-12-6-4-5-9-17(12)10-11-18-14-8-3-2-7-13(14)15(16)19/h2-3,7-8,12H,4-6,9-11H2,1H3,(H2,16,19). The summed E-state index contributed by atoms with van der Waals surface area (Å²) in [7, 11) is 0. The Kier molecular flexibility index (Phi) is 5.16. The molecule has 19 heavy (non-hydrogen) atoms. The first-order valence-electron chi connectivity index (χ1n) is 6.94. The normalized spacial score (nSPS) is 20.2. The molecule has 1 aromatic rings. The first-order valence-corrected chi connectivity index (χ1v) is 7.35. The lowest BCUT2D eigenvalue weighted by Gasteiger charge is -2.33. The van der Waals surface area contributed by atoms with Crippen molar-refractivity contribution in [2.24, 2.45) is 5.73 Å². The lowest BCUT2D eigenvalue weighted by molar-refractivity contribution is 0.133. The number of thiocarbonyl (C=S) groups is 1. The van der Waals surface area contributed by atoms with Gasteiger partial charge in [-0.05, 0) is 38.4 Å². The molecule has 2 N–H and O–H groups in total. The molecular formula is C15H22N2OS. The molecule has 2 rings (SSSR count). The summed E-state index contributed by atoms with van der Waals surface area (Å²) in [6.45, 7) is 5.13. The maximum Gasteiger partial charge on any atom is 0.129 e. The van der Waals surface area contributed by atoms with Crippen LogP contribution in [0.15, 0.2) is 24.3 Å². The van der Waals surface area contributed by atoms with Crippen LogP contribution < -0.4 is 10.5 Å². The summed E-state index contributed by atoms with van der Waals surface area (Å²) < 4.78 is 5.84. The van der Waals surface area contributed by atoms with Gasteiger partial charge in [0.05, 0.1) is 5.56 Å². The number of hydrogen-bond donors (Lipinski definition) is 1. The summed E-state index contributed by atoms with van der Waals surface area (Å²) in [4.78, 5) is 2.88. The molecular weight excluding hydrogens is 256 g/mol. The third-order valence-electron chi connectivity index (χ3n) is 3.73. The van der Waals surface area contributed by atoms with Gasteiger partial charge in [0.25, 0.3) is 0 Å². The van der Waals surface area contributed by atoms with E-state index in [1.165, 1.54) is 25.8 Å². The lowest BCUT2D eigenvalue weighted by atomic mass is 10.0. The van der Waals surface area contributed by atoms with E-state index in [0.717, 1.165) is 17.9 Å². The van der Waals surface area contributed by atoms with E-state index in [4.69, 9.17) is 22.7 Å². The van der Waals surface area contributed by atoms with Gasteiger partial charge in [-0.2, -0.15) is 0 Å². The molecule has 1 fully saturated rings. The Morgan fingerprint density at radius 1 is 1.42 bits per heavy atom. The Morgan fingerprint density at radius 3 is 2.95 bits per heavy atom. The number of likely N-dealkylation sites (tertiary alicyclic amines) is 1. The number of piperidine rings is 1. The van der Waals surface area contributed by atoms with Crippen molar-refractivity contribution in [3.05, 3.63) is 29.8 Å². The van der Waals surface area contributed by atoms with Gasteiger partial charge in [0, 0.05) is 12.6 Å². The molecule has 0 radical (unpaired) electrons. The predicted octanol–water partition coefficient (Wildman–Crippen LogP) is 2.57. The highest BCUT2D eigenvalue weighted by molar-refractivity contribution is 7.80. The fourth-order valence-electron chi connectivity index (χ4n) is 2.56. The molecule has 1 saturated heterocycles. The van der Waals surface area contributed by atoms with E-state index in [9.17, 15) is 0 Å². The van der Waals surface area contributed by atoms with Crippen molar-refractivity contribution in [2.45, 2.75) is 32.2 Å². The van der Waals surface area contributed by atoms with E-state index in [1.807, 2.05) is 24.3 Å². The fraction of sp³-hybridized carbons (Fsp3) is 0.533. The quantitative estimate of drug-likeness (QED) is 0.840. The van der Waals surface area contributed by atoms with Gasteiger partial charge in [-0.15, -0.1) is 0 Å². The number of nitrogens with two attached hydrogens (primary N) is 1. The highest BCUT2D eigenvalue weighted by Crippen LogP contribution is 2.19. The van der Waals surface area contributed by atoms with Gasteiger partial charge in [-0.3, -0.25) is 4.90 Å². The number of nitrogens with zero attached hydrogens (tertiary/aromatic N) is 1. The van der Waals surface area contributed by atoms with Crippen LogP contribution in [-0.2, 0) is 0 Å². The van der Waals surface area contributed by atoms with E-state index in [-0.39, 0.29) is 0 Å². The molecule has 0 aromatic heterocycles. The zero-order chi connectivity index (χ0) is 13.7. The van der Waals surface area contributed by atoms with Crippen LogP contribution in [0.25, 0.3) is 0 Å². The third-order valence-corrected chi connectivity index (χ3v) is 3.95. The Balaban J connectivity index is 1.87. The van der Waals surface area contributed by atoms with E-state index in [0.29, 0.717) is 17.6 Å². The fourth-order valence-corrected chi connectivity index (χ4v) is 2.73. The Hall–Kier alpha value is -1.13. The predicted molar refractivity (Wildman–Crippen MR) is 82.7 cm³/mol. The summed E-state index contributed by atoms with van der Waals surface area (Å²) in [5.41, 5.74) is 6.52. The summed E-state index contributed by atoms with van der Waals surface area (Å²) in [5.74, 6) is 0.791. The largest absolute Gasteiger partial charge is 0.492 e. The molecule has 1 atom stereocenters. The van der Waals surface area contributed by atoms with Gasteiger partial charge >= 0.3 is 0 Å². The Morgan fingerprint density at radius 2 is 2.21 bits per heavy atom. The van der Waals surface area contributed by atoms with E-state index < -0.39 is 0 Å². The topological polar surface area (TPSA) is 38.5 Å². The van der Waals surface area contributed by atoms with Crippen molar-refractivity contribution >= 4 is 17.2 Å². The maximum absolute atomic E-state index is 5.84. The van der Waals surface area contributed by atoms with Crippen molar-refractivity contribution in [3.63, 3.8) is 0 Å². The van der Waals surface area contributed by atoms with Gasteiger partial charge < -0.3 is 10.5 Å². The first kappa shape index (κ1) is 14.3. The van der Waals surface area contributed by atoms with E-state index in [1.54, 1.807) is 0 Å². The SMILES string of the molecule is CC1CCCCN1CCOc1ccccc1C(N)=S. The summed E-state index contributed by atoms with van der Waals surface area (Å²) in [5, 5.41) is 0. The number of para-hydroxylation sites is 1. The Bertz CT molecular complexity index is 436. The first-order chi connectivity index (χ1) is 9.18. The molecule has 1 heterocycles. The molecule has 1 unspecified atom stereocenters. The van der Waals surface area contributed by atoms with Gasteiger partial charge in [-0.1, -0.05) is 30.8 Å². The average molecular weight is 278 g/mol. The van der Waals surface area contributed by atoms with Crippen molar-refractivity contribution in [2.75, 3.05) is 19.7 Å². The van der Waals surface area contributed by atoms with Crippen LogP contribution in [0.4, 0.5) is 0 Å². The molecule has 0 spiro atoms. The maximum atomic E-state index is 5.84. The second-order valence-electron chi connectivity index (χ2n) is 5.09. The molecule has 0 bridgehead atoms. The highest BCUT2D eigenvalue weighted by Gasteiger charge is 2.17. The van der Waals surface area contributed by atoms with Gasteiger partial charge in [-0.25, -0.2) is 0 Å². The van der Waals surface area contributed by atoms with Gasteiger partial charge in [0.2, 0.25) is 0 Å². The monoisotopic (exact) mass is 278 g/mol. The molecule has 0 amide bonds. The van der Waals surface area contributed by atoms with E-state index >= 15 is 0 Å². The van der Waals surface area contributed by atoms with E-state index in [2.05, 4.69) is 11.8 Å². The summed E-state index contributed by atoms with van der Waals surface area (Å²) >= 11 is 5.03. The van der Waals surface area contributed by atoms with Crippen LogP contribution in [0.1, 0.15) is 31.7 Å². The molecule has 4 heteroatoms. The van der Waals surface area contributed by atoms with Crippen LogP contribution in [0.2, 0.25) is 0 Å². The van der Waals surface area contributed by atoms with Gasteiger partial charge in [0.15, 0.2) is 0 Å². The second-order valence-corrected chi connectivity index (χ2v) is 5.53. The minimum atomic E-state index is 0.391. The second kappa shape index (κ2) is 6.87.